The van der Waals surface area contributed by atoms with Crippen LogP contribution in [0.15, 0.2) is 78.9 Å². The molecule has 0 saturated carbocycles. The van der Waals surface area contributed by atoms with Crippen molar-refractivity contribution >= 4 is 5.97 Å². The molecule has 3 aromatic rings. The van der Waals surface area contributed by atoms with Crippen molar-refractivity contribution in [3.8, 4) is 5.75 Å². The van der Waals surface area contributed by atoms with Gasteiger partial charge in [-0.3, -0.25) is 9.69 Å². The zero-order chi connectivity index (χ0) is 25.9. The molecule has 2 N–H and O–H groups in total. The van der Waals surface area contributed by atoms with Crippen LogP contribution in [0.2, 0.25) is 0 Å². The molecule has 0 aliphatic carbocycles. The summed E-state index contributed by atoms with van der Waals surface area (Å²) in [6.07, 6.45) is 0.893. The topological polar surface area (TPSA) is 61.8 Å². The molecule has 5 atom stereocenters. The van der Waals surface area contributed by atoms with Crippen molar-refractivity contribution < 1.29 is 14.6 Å². The van der Waals surface area contributed by atoms with Gasteiger partial charge in [-0.2, -0.15) is 0 Å². The van der Waals surface area contributed by atoms with E-state index in [-0.39, 0.29) is 29.8 Å². The quantitative estimate of drug-likeness (QED) is 0.407. The highest BCUT2D eigenvalue weighted by Crippen LogP contribution is 2.44. The number of aliphatic carboxylic acids is 1. The third kappa shape index (κ3) is 5.16. The van der Waals surface area contributed by atoms with Gasteiger partial charge in [0.15, 0.2) is 0 Å². The van der Waals surface area contributed by atoms with Gasteiger partial charge in [-0.05, 0) is 47.6 Å². The molecule has 5 heteroatoms. The standard InChI is InChI=1S/C32H38N2O3/c1-21(2)24-14-15-28(37-3)25(18-24)19-33-30-26-16-17-34(20-27(26)32(35)36)31(30)29(22-10-6-4-7-11-22)23-12-8-5-9-13-23/h4-15,18,21,26-27,29-31,33H,16-17,19-20H2,1-3H3,(H,35,36)/t26-,27-,30-,31+/m0/s1. The lowest BCUT2D eigenvalue weighted by molar-refractivity contribution is -0.152. The molecule has 0 spiro atoms. The minimum Gasteiger partial charge on any atom is -0.496 e. The molecule has 3 aromatic carbocycles. The molecular formula is C32H38N2O3. The van der Waals surface area contributed by atoms with Crippen LogP contribution in [-0.2, 0) is 11.3 Å². The Morgan fingerprint density at radius 3 is 2.22 bits per heavy atom. The Bertz CT molecular complexity index is 1160. The fourth-order valence-electron chi connectivity index (χ4n) is 6.56. The highest BCUT2D eigenvalue weighted by molar-refractivity contribution is 5.71. The smallest absolute Gasteiger partial charge is 0.308 e. The number of hydrogen-bond acceptors (Lipinski definition) is 4. The zero-order valence-electron chi connectivity index (χ0n) is 22.0. The fraction of sp³-hybridized carbons (Fsp3) is 0.406. The second kappa shape index (κ2) is 11.1. The highest BCUT2D eigenvalue weighted by atomic mass is 16.5. The van der Waals surface area contributed by atoms with Crippen LogP contribution in [0.5, 0.6) is 5.75 Å². The summed E-state index contributed by atoms with van der Waals surface area (Å²) >= 11 is 0. The van der Waals surface area contributed by atoms with E-state index in [0.29, 0.717) is 19.0 Å². The summed E-state index contributed by atoms with van der Waals surface area (Å²) in [5, 5.41) is 14.0. The number of methoxy groups -OCH3 is 1. The molecule has 0 aromatic heterocycles. The monoisotopic (exact) mass is 498 g/mol. The fourth-order valence-corrected chi connectivity index (χ4v) is 6.56. The van der Waals surface area contributed by atoms with Crippen molar-refractivity contribution in [1.82, 2.24) is 10.2 Å². The maximum atomic E-state index is 12.3. The summed E-state index contributed by atoms with van der Waals surface area (Å²) in [4.78, 5) is 14.8. The van der Waals surface area contributed by atoms with E-state index in [1.54, 1.807) is 7.11 Å². The number of carboxylic acid groups (broad SMARTS) is 1. The van der Waals surface area contributed by atoms with E-state index >= 15 is 0 Å². The molecule has 3 fully saturated rings. The number of hydrogen-bond donors (Lipinski definition) is 2. The van der Waals surface area contributed by atoms with Crippen LogP contribution in [0, 0.1) is 11.8 Å². The van der Waals surface area contributed by atoms with Gasteiger partial charge in [0, 0.05) is 36.7 Å². The van der Waals surface area contributed by atoms with E-state index in [1.165, 1.54) is 16.7 Å². The molecule has 0 amide bonds. The van der Waals surface area contributed by atoms with E-state index < -0.39 is 5.97 Å². The molecule has 1 unspecified atom stereocenters. The average Bonchev–Trinajstić information content (AvgIpc) is 2.93. The van der Waals surface area contributed by atoms with E-state index in [2.05, 4.69) is 103 Å². The lowest BCUT2D eigenvalue weighted by Crippen LogP contribution is -2.68. The number of fused-ring (bicyclic) bond motifs is 3. The molecule has 194 valence electrons. The molecule has 37 heavy (non-hydrogen) atoms. The second-order valence-electron chi connectivity index (χ2n) is 10.8. The molecule has 3 saturated heterocycles. The minimum atomic E-state index is -0.685. The summed E-state index contributed by atoms with van der Waals surface area (Å²) in [7, 11) is 1.71. The van der Waals surface area contributed by atoms with Gasteiger partial charge in [0.1, 0.15) is 5.75 Å². The van der Waals surface area contributed by atoms with Gasteiger partial charge in [0.05, 0.1) is 13.0 Å². The van der Waals surface area contributed by atoms with Crippen LogP contribution in [-0.4, -0.2) is 48.3 Å². The molecule has 6 rings (SSSR count). The number of carbonyl (C=O) groups is 1. The van der Waals surface area contributed by atoms with Crippen molar-refractivity contribution in [2.24, 2.45) is 11.8 Å². The van der Waals surface area contributed by atoms with Crippen LogP contribution < -0.4 is 10.1 Å². The average molecular weight is 499 g/mol. The minimum absolute atomic E-state index is 0.0291. The predicted molar refractivity (Wildman–Crippen MR) is 147 cm³/mol. The number of rotatable bonds is 9. The van der Waals surface area contributed by atoms with Crippen LogP contribution in [0.1, 0.15) is 54.4 Å². The van der Waals surface area contributed by atoms with Gasteiger partial charge in [-0.15, -0.1) is 0 Å². The van der Waals surface area contributed by atoms with Gasteiger partial charge in [0.25, 0.3) is 0 Å². The first-order valence-electron chi connectivity index (χ1n) is 13.4. The number of nitrogens with zero attached hydrogens (tertiary/aromatic N) is 1. The van der Waals surface area contributed by atoms with Crippen LogP contribution in [0.3, 0.4) is 0 Å². The second-order valence-corrected chi connectivity index (χ2v) is 10.8. The SMILES string of the molecule is COc1ccc(C(C)C)cc1CN[C@H]1[C@H]2CCN(C[C@@H]2C(=O)O)[C@@H]1C(c1ccccc1)c1ccccc1. The number of nitrogens with one attached hydrogen (secondary N) is 1. The number of piperidine rings is 3. The Kier molecular flexibility index (Phi) is 7.63. The third-order valence-corrected chi connectivity index (χ3v) is 8.42. The van der Waals surface area contributed by atoms with Crippen molar-refractivity contribution in [1.29, 1.82) is 0 Å². The third-order valence-electron chi connectivity index (χ3n) is 8.42. The van der Waals surface area contributed by atoms with Crippen molar-refractivity contribution in [2.75, 3.05) is 20.2 Å². The lowest BCUT2D eigenvalue weighted by Gasteiger charge is -2.56. The summed E-state index contributed by atoms with van der Waals surface area (Å²) in [5.74, 6) is 0.454. The Morgan fingerprint density at radius 2 is 1.65 bits per heavy atom. The Balaban J connectivity index is 1.54. The predicted octanol–water partition coefficient (Wildman–Crippen LogP) is 5.51. The van der Waals surface area contributed by atoms with Gasteiger partial charge in [-0.25, -0.2) is 0 Å². The van der Waals surface area contributed by atoms with Crippen LogP contribution >= 0.6 is 0 Å². The van der Waals surface area contributed by atoms with Gasteiger partial charge in [0.2, 0.25) is 0 Å². The summed E-state index contributed by atoms with van der Waals surface area (Å²) in [6, 6.07) is 28.0. The normalized spacial score (nSPS) is 24.9. The molecule has 3 aliphatic rings. The molecule has 0 radical (unpaired) electrons. The first-order chi connectivity index (χ1) is 18.0. The van der Waals surface area contributed by atoms with Crippen molar-refractivity contribution in [3.63, 3.8) is 0 Å². The van der Waals surface area contributed by atoms with E-state index in [0.717, 1.165) is 24.3 Å². The molecular weight excluding hydrogens is 460 g/mol. The summed E-state index contributed by atoms with van der Waals surface area (Å²) in [6.45, 7) is 6.57. The Labute approximate surface area is 220 Å². The van der Waals surface area contributed by atoms with Crippen LogP contribution in [0.25, 0.3) is 0 Å². The van der Waals surface area contributed by atoms with E-state index in [1.807, 2.05) is 0 Å². The summed E-state index contributed by atoms with van der Waals surface area (Å²) < 4.78 is 5.71. The summed E-state index contributed by atoms with van der Waals surface area (Å²) in [5.41, 5.74) is 4.93. The number of carboxylic acids is 1. The van der Waals surface area contributed by atoms with E-state index in [4.69, 9.17) is 4.74 Å². The maximum Gasteiger partial charge on any atom is 0.308 e. The largest absolute Gasteiger partial charge is 0.496 e. The molecule has 5 nitrogen and oxygen atoms in total. The Hall–Kier alpha value is -3.15. The van der Waals surface area contributed by atoms with E-state index in [9.17, 15) is 9.90 Å². The first-order valence-corrected chi connectivity index (χ1v) is 13.4. The van der Waals surface area contributed by atoms with Crippen molar-refractivity contribution in [2.45, 2.75) is 50.7 Å². The lowest BCUT2D eigenvalue weighted by atomic mass is 9.66. The number of benzene rings is 3. The first kappa shape index (κ1) is 25.5. The number of ether oxygens (including phenoxy) is 1. The van der Waals surface area contributed by atoms with Crippen molar-refractivity contribution in [3.05, 3.63) is 101 Å². The van der Waals surface area contributed by atoms with Gasteiger partial charge >= 0.3 is 5.97 Å². The Morgan fingerprint density at radius 1 is 1.00 bits per heavy atom. The molecule has 3 heterocycles. The van der Waals surface area contributed by atoms with Gasteiger partial charge in [-0.1, -0.05) is 86.6 Å². The maximum absolute atomic E-state index is 12.3. The van der Waals surface area contributed by atoms with Gasteiger partial charge < -0.3 is 15.2 Å². The molecule has 2 bridgehead atoms. The van der Waals surface area contributed by atoms with Crippen LogP contribution in [0.4, 0.5) is 0 Å². The zero-order valence-corrected chi connectivity index (χ0v) is 22.0. The molecule has 3 aliphatic heterocycles. The highest BCUT2D eigenvalue weighted by Gasteiger charge is 2.52.